The predicted octanol–water partition coefficient (Wildman–Crippen LogP) is 4.85. The largest absolute Gasteiger partial charge is 0.369 e. The van der Waals surface area contributed by atoms with Gasteiger partial charge in [0.25, 0.3) is 0 Å². The standard InChI is InChI=1S/C18H15Br2N5/c19-13-11(7-6-10-4-2-1-3-5-10)17(20)24-15(13)16-14-12(8-9-22-16)23-18(21)25-14/h1-5,8-9,24H,6-7H2,(H3,21,23,25). The van der Waals surface area contributed by atoms with E-state index < -0.39 is 0 Å². The van der Waals surface area contributed by atoms with E-state index in [-0.39, 0.29) is 0 Å². The number of hydrogen-bond acceptors (Lipinski definition) is 3. The van der Waals surface area contributed by atoms with E-state index in [4.69, 9.17) is 5.73 Å². The number of H-pyrrole nitrogens is 2. The van der Waals surface area contributed by atoms with Crippen LogP contribution in [0.5, 0.6) is 0 Å². The van der Waals surface area contributed by atoms with Crippen molar-refractivity contribution >= 4 is 48.8 Å². The SMILES string of the molecule is Nc1nc2c(-c3[nH]c(Br)c(CCc4ccccc4)c3Br)nccc2[nH]1. The molecular formula is C18H15Br2N5. The minimum Gasteiger partial charge on any atom is -0.369 e. The average Bonchev–Trinajstić information content (AvgIpc) is 3.13. The van der Waals surface area contributed by atoms with Gasteiger partial charge in [0.15, 0.2) is 5.95 Å². The third-order valence-corrected chi connectivity index (χ3v) is 5.70. The molecule has 0 aliphatic rings. The molecule has 0 atom stereocenters. The maximum absolute atomic E-state index is 5.80. The Bertz CT molecular complexity index is 1040. The summed E-state index contributed by atoms with van der Waals surface area (Å²) in [5, 5.41) is 0. The second-order valence-electron chi connectivity index (χ2n) is 5.77. The van der Waals surface area contributed by atoms with Gasteiger partial charge in [0.2, 0.25) is 0 Å². The fraction of sp³-hybridized carbons (Fsp3) is 0.111. The van der Waals surface area contributed by atoms with E-state index >= 15 is 0 Å². The summed E-state index contributed by atoms with van der Waals surface area (Å²) in [7, 11) is 0. The molecule has 3 heterocycles. The molecule has 0 fully saturated rings. The molecule has 0 aliphatic carbocycles. The number of halogens is 2. The highest BCUT2D eigenvalue weighted by molar-refractivity contribution is 9.11. The van der Waals surface area contributed by atoms with Crippen molar-refractivity contribution in [2.24, 2.45) is 0 Å². The smallest absolute Gasteiger partial charge is 0.198 e. The Balaban J connectivity index is 1.72. The van der Waals surface area contributed by atoms with Crippen molar-refractivity contribution in [3.05, 3.63) is 62.8 Å². The molecular weight excluding hydrogens is 446 g/mol. The molecule has 0 spiro atoms. The van der Waals surface area contributed by atoms with Crippen molar-refractivity contribution in [2.75, 3.05) is 5.73 Å². The first kappa shape index (κ1) is 16.4. The topological polar surface area (TPSA) is 83.4 Å². The van der Waals surface area contributed by atoms with E-state index in [0.29, 0.717) is 5.95 Å². The number of hydrogen-bond donors (Lipinski definition) is 3. The first-order valence-electron chi connectivity index (χ1n) is 7.84. The quantitative estimate of drug-likeness (QED) is 0.407. The molecule has 4 rings (SSSR count). The lowest BCUT2D eigenvalue weighted by Crippen LogP contribution is -1.91. The normalized spacial score (nSPS) is 11.3. The zero-order valence-electron chi connectivity index (χ0n) is 13.2. The van der Waals surface area contributed by atoms with Gasteiger partial charge in [-0.15, -0.1) is 0 Å². The molecule has 3 aromatic heterocycles. The Morgan fingerprint density at radius 2 is 1.80 bits per heavy atom. The van der Waals surface area contributed by atoms with Gasteiger partial charge in [0.05, 0.1) is 15.8 Å². The average molecular weight is 461 g/mol. The van der Waals surface area contributed by atoms with Gasteiger partial charge >= 0.3 is 0 Å². The fourth-order valence-electron chi connectivity index (χ4n) is 2.92. The lowest BCUT2D eigenvalue weighted by molar-refractivity contribution is 0.951. The lowest BCUT2D eigenvalue weighted by Gasteiger charge is -2.03. The van der Waals surface area contributed by atoms with E-state index in [0.717, 1.165) is 44.3 Å². The van der Waals surface area contributed by atoms with Crippen LogP contribution in [-0.2, 0) is 12.8 Å². The second-order valence-corrected chi connectivity index (χ2v) is 7.36. The van der Waals surface area contributed by atoms with E-state index in [1.54, 1.807) is 6.20 Å². The van der Waals surface area contributed by atoms with E-state index in [2.05, 4.69) is 76.1 Å². The first-order chi connectivity index (χ1) is 12.1. The molecule has 1 aromatic carbocycles. The minimum absolute atomic E-state index is 0.385. The first-order valence-corrected chi connectivity index (χ1v) is 9.42. The predicted molar refractivity (Wildman–Crippen MR) is 107 cm³/mol. The molecule has 4 aromatic rings. The number of benzene rings is 1. The number of aromatic amines is 2. The van der Waals surface area contributed by atoms with Crippen LogP contribution in [0, 0.1) is 0 Å². The van der Waals surface area contributed by atoms with Gasteiger partial charge in [-0.3, -0.25) is 4.98 Å². The number of nitrogens with two attached hydrogens (primary N) is 1. The van der Waals surface area contributed by atoms with Gasteiger partial charge < -0.3 is 15.7 Å². The van der Waals surface area contributed by atoms with Crippen LogP contribution in [0.3, 0.4) is 0 Å². The van der Waals surface area contributed by atoms with Crippen LogP contribution in [0.2, 0.25) is 0 Å². The summed E-state index contributed by atoms with van der Waals surface area (Å²) in [6.07, 6.45) is 3.61. The van der Waals surface area contributed by atoms with Crippen LogP contribution in [0.25, 0.3) is 22.4 Å². The Morgan fingerprint density at radius 1 is 1.00 bits per heavy atom. The van der Waals surface area contributed by atoms with Crippen LogP contribution >= 0.6 is 31.9 Å². The summed E-state index contributed by atoms with van der Waals surface area (Å²) in [5.74, 6) is 0.385. The summed E-state index contributed by atoms with van der Waals surface area (Å²) in [4.78, 5) is 15.3. The molecule has 25 heavy (non-hydrogen) atoms. The maximum atomic E-state index is 5.80. The number of pyridine rings is 1. The monoisotopic (exact) mass is 459 g/mol. The zero-order valence-corrected chi connectivity index (χ0v) is 16.4. The number of fused-ring (bicyclic) bond motifs is 1. The molecule has 0 saturated carbocycles. The second kappa shape index (κ2) is 6.65. The zero-order chi connectivity index (χ0) is 17.4. The highest BCUT2D eigenvalue weighted by atomic mass is 79.9. The number of aromatic nitrogens is 4. The summed E-state index contributed by atoms with van der Waals surface area (Å²) >= 11 is 7.38. The minimum atomic E-state index is 0.385. The fourth-order valence-corrected chi connectivity index (χ4v) is 4.47. The van der Waals surface area contributed by atoms with Gasteiger partial charge in [0, 0.05) is 10.7 Å². The summed E-state index contributed by atoms with van der Waals surface area (Å²) in [5.41, 5.74) is 11.6. The third kappa shape index (κ3) is 3.09. The number of anilines is 1. The van der Waals surface area contributed by atoms with Crippen molar-refractivity contribution in [2.45, 2.75) is 12.8 Å². The number of rotatable bonds is 4. The molecule has 7 heteroatoms. The van der Waals surface area contributed by atoms with E-state index in [9.17, 15) is 0 Å². The highest BCUT2D eigenvalue weighted by Crippen LogP contribution is 2.37. The number of nitrogens with one attached hydrogen (secondary N) is 2. The summed E-state index contributed by atoms with van der Waals surface area (Å²) in [6, 6.07) is 12.3. The Kier molecular flexibility index (Phi) is 4.35. The molecule has 126 valence electrons. The van der Waals surface area contributed by atoms with Crippen molar-refractivity contribution in [1.29, 1.82) is 0 Å². The van der Waals surface area contributed by atoms with Crippen LogP contribution in [0.1, 0.15) is 11.1 Å². The molecule has 0 radical (unpaired) electrons. The lowest BCUT2D eigenvalue weighted by atomic mass is 10.1. The van der Waals surface area contributed by atoms with Gasteiger partial charge in [0.1, 0.15) is 11.2 Å². The number of nitrogens with zero attached hydrogens (tertiary/aromatic N) is 2. The van der Waals surface area contributed by atoms with Gasteiger partial charge in [-0.25, -0.2) is 4.98 Å². The number of aryl methyl sites for hydroxylation is 1. The molecule has 5 nitrogen and oxygen atoms in total. The van der Waals surface area contributed by atoms with Crippen molar-refractivity contribution < 1.29 is 0 Å². The van der Waals surface area contributed by atoms with Crippen LogP contribution in [0.4, 0.5) is 5.95 Å². The van der Waals surface area contributed by atoms with Gasteiger partial charge in [-0.1, -0.05) is 30.3 Å². The summed E-state index contributed by atoms with van der Waals surface area (Å²) < 4.78 is 1.95. The molecule has 4 N–H and O–H groups in total. The molecule has 0 unspecified atom stereocenters. The third-order valence-electron chi connectivity index (χ3n) is 4.15. The Labute approximate surface area is 161 Å². The Hall–Kier alpha value is -2.12. The Morgan fingerprint density at radius 3 is 2.60 bits per heavy atom. The number of nitrogen functional groups attached to an aromatic ring is 1. The van der Waals surface area contributed by atoms with Crippen LogP contribution in [0.15, 0.2) is 51.7 Å². The van der Waals surface area contributed by atoms with Crippen LogP contribution in [-0.4, -0.2) is 19.9 Å². The highest BCUT2D eigenvalue weighted by Gasteiger charge is 2.19. The van der Waals surface area contributed by atoms with Crippen molar-refractivity contribution in [3.8, 4) is 11.4 Å². The van der Waals surface area contributed by atoms with Gasteiger partial charge in [-0.05, 0) is 61.9 Å². The summed E-state index contributed by atoms with van der Waals surface area (Å²) in [6.45, 7) is 0. The van der Waals surface area contributed by atoms with Crippen molar-refractivity contribution in [1.82, 2.24) is 19.9 Å². The molecule has 0 amide bonds. The van der Waals surface area contributed by atoms with Gasteiger partial charge in [-0.2, -0.15) is 0 Å². The van der Waals surface area contributed by atoms with E-state index in [1.165, 1.54) is 11.1 Å². The maximum Gasteiger partial charge on any atom is 0.198 e. The molecule has 0 saturated heterocycles. The van der Waals surface area contributed by atoms with Crippen LogP contribution < -0.4 is 5.73 Å². The molecule has 0 bridgehead atoms. The van der Waals surface area contributed by atoms with E-state index in [1.807, 2.05) is 12.1 Å². The number of imidazole rings is 1. The van der Waals surface area contributed by atoms with Crippen molar-refractivity contribution in [3.63, 3.8) is 0 Å². The molecule has 0 aliphatic heterocycles.